The second-order valence-electron chi connectivity index (χ2n) is 1.67. The van der Waals surface area contributed by atoms with Gasteiger partial charge in [0.15, 0.2) is 0 Å². The molecule has 3 N–H and O–H groups in total. The second kappa shape index (κ2) is 3.07. The van der Waals surface area contributed by atoms with Gasteiger partial charge in [-0.05, 0) is 0 Å². The Morgan fingerprint density at radius 3 is 3.00 bits per heavy atom. The molecule has 0 saturated heterocycles. The predicted molar refractivity (Wildman–Crippen MR) is 34.7 cm³/mol. The van der Waals surface area contributed by atoms with E-state index in [1.807, 2.05) is 0 Å². The lowest BCUT2D eigenvalue weighted by molar-refractivity contribution is 0.475. The largest absolute Gasteiger partial charge is 0.308 e. The van der Waals surface area contributed by atoms with Crippen molar-refractivity contribution >= 4 is 5.82 Å². The summed E-state index contributed by atoms with van der Waals surface area (Å²) in [4.78, 5) is 7.32. The Labute approximate surface area is 57.3 Å². The van der Waals surface area contributed by atoms with E-state index in [-0.39, 0.29) is 0 Å². The van der Waals surface area contributed by atoms with E-state index >= 15 is 0 Å². The molecule has 0 atom stereocenters. The van der Waals surface area contributed by atoms with Gasteiger partial charge in [-0.2, -0.15) is 0 Å². The van der Waals surface area contributed by atoms with Crippen LogP contribution in [0, 0.1) is 0 Å². The zero-order chi connectivity index (χ0) is 7.40. The lowest BCUT2D eigenvalue weighted by Gasteiger charge is -1.97. The quantitative estimate of drug-likeness (QED) is 0.458. The minimum Gasteiger partial charge on any atom is -0.308 e. The van der Waals surface area contributed by atoms with Crippen molar-refractivity contribution in [2.45, 2.75) is 6.67 Å². The lowest BCUT2D eigenvalue weighted by Crippen LogP contribution is -2.08. The van der Waals surface area contributed by atoms with Crippen molar-refractivity contribution in [1.82, 2.24) is 9.97 Å². The van der Waals surface area contributed by atoms with Crippen LogP contribution >= 0.6 is 0 Å². The Morgan fingerprint density at radius 1 is 1.60 bits per heavy atom. The number of nitrogens with two attached hydrogens (primary N) is 1. The number of nitrogens with zero attached hydrogens (tertiary/aromatic N) is 2. The van der Waals surface area contributed by atoms with E-state index in [4.69, 9.17) is 5.84 Å². The predicted octanol–water partition coefficient (Wildman–Crippen LogP) is 0.232. The van der Waals surface area contributed by atoms with Gasteiger partial charge in [0.2, 0.25) is 0 Å². The molecule has 10 heavy (non-hydrogen) atoms. The third-order valence-corrected chi connectivity index (χ3v) is 1.01. The summed E-state index contributed by atoms with van der Waals surface area (Å²) in [7, 11) is 0. The molecule has 0 aromatic carbocycles. The first-order valence-electron chi connectivity index (χ1n) is 2.70. The van der Waals surface area contributed by atoms with Crippen LogP contribution < -0.4 is 11.3 Å². The molecule has 1 aromatic rings. The van der Waals surface area contributed by atoms with Gasteiger partial charge < -0.3 is 5.43 Å². The number of halogens is 1. The first-order valence-corrected chi connectivity index (χ1v) is 2.70. The minimum absolute atomic E-state index is 0.322. The molecule has 0 saturated carbocycles. The van der Waals surface area contributed by atoms with Gasteiger partial charge in [0, 0.05) is 6.07 Å². The Bertz CT molecular complexity index is 195. The van der Waals surface area contributed by atoms with Crippen LogP contribution in [0.4, 0.5) is 10.2 Å². The molecule has 0 aliphatic rings. The van der Waals surface area contributed by atoms with Gasteiger partial charge in [-0.25, -0.2) is 20.2 Å². The zero-order valence-corrected chi connectivity index (χ0v) is 5.21. The highest BCUT2D eigenvalue weighted by Crippen LogP contribution is 2.02. The van der Waals surface area contributed by atoms with E-state index in [2.05, 4.69) is 15.4 Å². The molecule has 0 aliphatic carbocycles. The molecular weight excluding hydrogens is 135 g/mol. The normalized spacial score (nSPS) is 9.40. The van der Waals surface area contributed by atoms with Gasteiger partial charge in [-0.1, -0.05) is 0 Å². The smallest absolute Gasteiger partial charge is 0.143 e. The van der Waals surface area contributed by atoms with Crippen LogP contribution in [0.25, 0.3) is 0 Å². The summed E-state index contributed by atoms with van der Waals surface area (Å²) in [5.41, 5.74) is 2.61. The monoisotopic (exact) mass is 142 g/mol. The first-order chi connectivity index (χ1) is 4.86. The molecule has 54 valence electrons. The van der Waals surface area contributed by atoms with E-state index in [1.54, 1.807) is 0 Å². The number of hydrogen-bond acceptors (Lipinski definition) is 4. The van der Waals surface area contributed by atoms with Crippen LogP contribution in [0.2, 0.25) is 0 Å². The van der Waals surface area contributed by atoms with Crippen molar-refractivity contribution in [3.05, 3.63) is 18.1 Å². The Morgan fingerprint density at radius 2 is 2.40 bits per heavy atom. The molecule has 5 heteroatoms. The molecule has 1 rings (SSSR count). The molecular formula is C5H7FN4. The van der Waals surface area contributed by atoms with E-state index < -0.39 is 6.67 Å². The van der Waals surface area contributed by atoms with Crippen LogP contribution in [-0.2, 0) is 6.67 Å². The number of anilines is 1. The molecule has 0 aliphatic heterocycles. The average molecular weight is 142 g/mol. The molecule has 0 amide bonds. The van der Waals surface area contributed by atoms with Crippen molar-refractivity contribution in [3.8, 4) is 0 Å². The average Bonchev–Trinajstić information content (AvgIpc) is 2.05. The summed E-state index contributed by atoms with van der Waals surface area (Å²) in [5, 5.41) is 0. The minimum atomic E-state index is -0.600. The highest BCUT2D eigenvalue weighted by Gasteiger charge is 1.94. The molecule has 0 fully saturated rings. The topological polar surface area (TPSA) is 63.8 Å². The van der Waals surface area contributed by atoms with Crippen LogP contribution in [0.5, 0.6) is 0 Å². The summed E-state index contributed by atoms with van der Waals surface area (Å²) in [5.74, 6) is 5.43. The number of alkyl halides is 1. The molecule has 4 nitrogen and oxygen atoms in total. The third-order valence-electron chi connectivity index (χ3n) is 1.01. The van der Waals surface area contributed by atoms with Gasteiger partial charge in [0.05, 0.1) is 5.69 Å². The summed E-state index contributed by atoms with van der Waals surface area (Å²) < 4.78 is 11.9. The lowest BCUT2D eigenvalue weighted by atomic mass is 10.4. The SMILES string of the molecule is NNc1cc(CF)ncn1. The number of aromatic nitrogens is 2. The number of rotatable bonds is 2. The van der Waals surface area contributed by atoms with Gasteiger partial charge in [-0.15, -0.1) is 0 Å². The van der Waals surface area contributed by atoms with Gasteiger partial charge >= 0.3 is 0 Å². The summed E-state index contributed by atoms with van der Waals surface area (Å²) >= 11 is 0. The van der Waals surface area contributed by atoms with Crippen molar-refractivity contribution in [2.24, 2.45) is 5.84 Å². The molecule has 0 radical (unpaired) electrons. The molecule has 0 spiro atoms. The Hall–Kier alpha value is -1.23. The molecule has 1 heterocycles. The summed E-state index contributed by atoms with van der Waals surface area (Å²) in [6.07, 6.45) is 1.25. The summed E-state index contributed by atoms with van der Waals surface area (Å²) in [6, 6.07) is 1.44. The van der Waals surface area contributed by atoms with E-state index in [0.29, 0.717) is 11.5 Å². The zero-order valence-electron chi connectivity index (χ0n) is 5.21. The maximum Gasteiger partial charge on any atom is 0.143 e. The maximum atomic E-state index is 11.9. The van der Waals surface area contributed by atoms with Crippen molar-refractivity contribution in [1.29, 1.82) is 0 Å². The highest BCUT2D eigenvalue weighted by atomic mass is 19.1. The van der Waals surface area contributed by atoms with Crippen molar-refractivity contribution in [3.63, 3.8) is 0 Å². The van der Waals surface area contributed by atoms with Crippen molar-refractivity contribution < 1.29 is 4.39 Å². The maximum absolute atomic E-state index is 11.9. The van der Waals surface area contributed by atoms with Crippen LogP contribution in [0.15, 0.2) is 12.4 Å². The molecule has 0 unspecified atom stereocenters. The van der Waals surface area contributed by atoms with Gasteiger partial charge in [0.25, 0.3) is 0 Å². The Balaban J connectivity index is 2.87. The molecule has 0 bridgehead atoms. The molecule has 1 aromatic heterocycles. The highest BCUT2D eigenvalue weighted by molar-refractivity contribution is 5.32. The first kappa shape index (κ1) is 6.88. The van der Waals surface area contributed by atoms with E-state index in [0.717, 1.165) is 0 Å². The van der Waals surface area contributed by atoms with Crippen LogP contribution in [-0.4, -0.2) is 9.97 Å². The number of nitrogen functional groups attached to an aromatic ring is 1. The second-order valence-corrected chi connectivity index (χ2v) is 1.67. The fourth-order valence-corrected chi connectivity index (χ4v) is 0.550. The van der Waals surface area contributed by atoms with Gasteiger partial charge in [-0.3, -0.25) is 0 Å². The van der Waals surface area contributed by atoms with Crippen LogP contribution in [0.1, 0.15) is 5.69 Å². The van der Waals surface area contributed by atoms with Gasteiger partial charge in [0.1, 0.15) is 18.8 Å². The van der Waals surface area contributed by atoms with Crippen molar-refractivity contribution in [2.75, 3.05) is 5.43 Å². The number of nitrogens with one attached hydrogen (secondary N) is 1. The number of hydrazine groups is 1. The third kappa shape index (κ3) is 1.38. The fourth-order valence-electron chi connectivity index (χ4n) is 0.550. The number of hydrogen-bond donors (Lipinski definition) is 2. The summed E-state index contributed by atoms with van der Waals surface area (Å²) in [6.45, 7) is -0.600. The van der Waals surface area contributed by atoms with E-state index in [1.165, 1.54) is 12.4 Å². The Kier molecular flexibility index (Phi) is 2.11. The fraction of sp³-hybridized carbons (Fsp3) is 0.200. The van der Waals surface area contributed by atoms with Crippen LogP contribution in [0.3, 0.4) is 0 Å². The van der Waals surface area contributed by atoms with E-state index in [9.17, 15) is 4.39 Å². The standard InChI is InChI=1S/C5H7FN4/c6-2-4-1-5(10-7)9-3-8-4/h1,3H,2,7H2,(H,8,9,10).